The average Bonchev–Trinajstić information content (AvgIpc) is 3.02. The molecule has 0 unspecified atom stereocenters. The van der Waals surface area contributed by atoms with E-state index in [1.165, 1.54) is 16.0 Å². The van der Waals surface area contributed by atoms with E-state index in [1.807, 2.05) is 4.90 Å². The Labute approximate surface area is 145 Å². The lowest BCUT2D eigenvalue weighted by Gasteiger charge is -2.29. The van der Waals surface area contributed by atoms with Gasteiger partial charge in [0.15, 0.2) is 0 Å². The minimum atomic E-state index is -0.0110. The SMILES string of the molecule is Cc1csc2c1CN(C(=O)c1ccnc(N3CCOCC3)n1)CC2. The molecule has 7 heteroatoms. The second-order valence-electron chi connectivity index (χ2n) is 6.14. The van der Waals surface area contributed by atoms with Crippen LogP contribution in [-0.4, -0.2) is 53.6 Å². The highest BCUT2D eigenvalue weighted by molar-refractivity contribution is 7.10. The molecule has 0 atom stereocenters. The first-order valence-electron chi connectivity index (χ1n) is 8.23. The van der Waals surface area contributed by atoms with Crippen LogP contribution in [0, 0.1) is 6.92 Å². The first-order chi connectivity index (χ1) is 11.7. The minimum Gasteiger partial charge on any atom is -0.378 e. The predicted octanol–water partition coefficient (Wildman–Crippen LogP) is 1.88. The molecule has 0 aliphatic carbocycles. The summed E-state index contributed by atoms with van der Waals surface area (Å²) in [6.45, 7) is 6.42. The van der Waals surface area contributed by atoms with Crippen molar-refractivity contribution in [2.24, 2.45) is 0 Å². The summed E-state index contributed by atoms with van der Waals surface area (Å²) in [5, 5.41) is 2.18. The van der Waals surface area contributed by atoms with Gasteiger partial charge in [0.05, 0.1) is 13.2 Å². The van der Waals surface area contributed by atoms with E-state index in [9.17, 15) is 4.79 Å². The first kappa shape index (κ1) is 15.5. The van der Waals surface area contributed by atoms with Gasteiger partial charge in [0.25, 0.3) is 5.91 Å². The van der Waals surface area contributed by atoms with Crippen LogP contribution < -0.4 is 4.90 Å². The average molecular weight is 344 g/mol. The Morgan fingerprint density at radius 3 is 2.96 bits per heavy atom. The van der Waals surface area contributed by atoms with Crippen molar-refractivity contribution in [1.29, 1.82) is 0 Å². The number of hydrogen-bond acceptors (Lipinski definition) is 6. The zero-order chi connectivity index (χ0) is 16.5. The van der Waals surface area contributed by atoms with Crippen LogP contribution >= 0.6 is 11.3 Å². The normalized spacial score (nSPS) is 17.7. The number of fused-ring (bicyclic) bond motifs is 1. The van der Waals surface area contributed by atoms with Gasteiger partial charge in [-0.3, -0.25) is 4.79 Å². The molecule has 0 spiro atoms. The minimum absolute atomic E-state index is 0.0110. The van der Waals surface area contributed by atoms with E-state index in [4.69, 9.17) is 4.74 Å². The summed E-state index contributed by atoms with van der Waals surface area (Å²) in [7, 11) is 0. The van der Waals surface area contributed by atoms with Crippen molar-refractivity contribution in [3.63, 3.8) is 0 Å². The first-order valence-corrected chi connectivity index (χ1v) is 9.11. The summed E-state index contributed by atoms with van der Waals surface area (Å²) < 4.78 is 5.36. The fourth-order valence-corrected chi connectivity index (χ4v) is 4.21. The van der Waals surface area contributed by atoms with E-state index in [-0.39, 0.29) is 5.91 Å². The number of aromatic nitrogens is 2. The van der Waals surface area contributed by atoms with Crippen molar-refractivity contribution in [2.75, 3.05) is 37.7 Å². The summed E-state index contributed by atoms with van der Waals surface area (Å²) in [6.07, 6.45) is 2.61. The fraction of sp³-hybridized carbons (Fsp3) is 0.471. The van der Waals surface area contributed by atoms with Gasteiger partial charge in [0.1, 0.15) is 5.69 Å². The maximum absolute atomic E-state index is 12.9. The molecule has 2 aliphatic rings. The van der Waals surface area contributed by atoms with Gasteiger partial charge in [-0.05, 0) is 35.9 Å². The van der Waals surface area contributed by atoms with Crippen LogP contribution in [0.5, 0.6) is 0 Å². The quantitative estimate of drug-likeness (QED) is 0.833. The van der Waals surface area contributed by atoms with Crippen LogP contribution in [0.4, 0.5) is 5.95 Å². The Morgan fingerprint density at radius 1 is 1.29 bits per heavy atom. The van der Waals surface area contributed by atoms with E-state index < -0.39 is 0 Å². The maximum Gasteiger partial charge on any atom is 0.272 e. The molecule has 4 heterocycles. The van der Waals surface area contributed by atoms with Crippen molar-refractivity contribution in [1.82, 2.24) is 14.9 Å². The number of thiophene rings is 1. The molecule has 2 aromatic heterocycles. The molecule has 2 aliphatic heterocycles. The van der Waals surface area contributed by atoms with Gasteiger partial charge in [-0.2, -0.15) is 0 Å². The third kappa shape index (κ3) is 2.89. The molecule has 0 radical (unpaired) electrons. The van der Waals surface area contributed by atoms with Gasteiger partial charge in [-0.15, -0.1) is 11.3 Å². The summed E-state index contributed by atoms with van der Waals surface area (Å²) in [5.74, 6) is 0.608. The number of morpholine rings is 1. The molecular weight excluding hydrogens is 324 g/mol. The summed E-state index contributed by atoms with van der Waals surface area (Å²) >= 11 is 1.80. The third-order valence-electron chi connectivity index (χ3n) is 4.59. The standard InChI is InChI=1S/C17H20N4O2S/c1-12-11-24-15-3-5-21(10-13(12)15)16(22)14-2-4-18-17(19-14)20-6-8-23-9-7-20/h2,4,11H,3,5-10H2,1H3. The Kier molecular flexibility index (Phi) is 4.20. The third-order valence-corrected chi connectivity index (χ3v) is 5.80. The molecular formula is C17H20N4O2S. The van der Waals surface area contributed by atoms with Crippen LogP contribution in [0.1, 0.15) is 26.5 Å². The van der Waals surface area contributed by atoms with Gasteiger partial charge in [0, 0.05) is 37.3 Å². The topological polar surface area (TPSA) is 58.6 Å². The summed E-state index contributed by atoms with van der Waals surface area (Å²) in [4.78, 5) is 27.1. The Morgan fingerprint density at radius 2 is 2.12 bits per heavy atom. The van der Waals surface area contributed by atoms with Crippen LogP contribution in [0.2, 0.25) is 0 Å². The zero-order valence-electron chi connectivity index (χ0n) is 13.7. The molecule has 24 heavy (non-hydrogen) atoms. The van der Waals surface area contributed by atoms with Crippen molar-refractivity contribution in [2.45, 2.75) is 19.9 Å². The number of rotatable bonds is 2. The number of carbonyl (C=O) groups is 1. The molecule has 126 valence electrons. The van der Waals surface area contributed by atoms with Gasteiger partial charge in [-0.1, -0.05) is 0 Å². The van der Waals surface area contributed by atoms with Gasteiger partial charge < -0.3 is 14.5 Å². The smallest absolute Gasteiger partial charge is 0.272 e. The molecule has 1 saturated heterocycles. The molecule has 0 saturated carbocycles. The number of aryl methyl sites for hydroxylation is 1. The van der Waals surface area contributed by atoms with Crippen molar-refractivity contribution >= 4 is 23.2 Å². The molecule has 4 rings (SSSR count). The number of ether oxygens (including phenoxy) is 1. The van der Waals surface area contributed by atoms with Gasteiger partial charge in [-0.25, -0.2) is 9.97 Å². The van der Waals surface area contributed by atoms with Crippen LogP contribution in [0.25, 0.3) is 0 Å². The lowest BCUT2D eigenvalue weighted by molar-refractivity contribution is 0.0729. The van der Waals surface area contributed by atoms with Crippen LogP contribution in [-0.2, 0) is 17.7 Å². The maximum atomic E-state index is 12.9. The Balaban J connectivity index is 1.53. The zero-order valence-corrected chi connectivity index (χ0v) is 14.5. The van der Waals surface area contributed by atoms with Crippen molar-refractivity contribution in [3.05, 3.63) is 39.3 Å². The number of anilines is 1. The second kappa shape index (κ2) is 6.49. The van der Waals surface area contributed by atoms with Crippen LogP contribution in [0.3, 0.4) is 0 Å². The molecule has 0 N–H and O–H groups in total. The molecule has 1 fully saturated rings. The molecule has 0 aromatic carbocycles. The lowest BCUT2D eigenvalue weighted by atomic mass is 10.1. The van der Waals surface area contributed by atoms with Crippen molar-refractivity contribution < 1.29 is 9.53 Å². The number of carbonyl (C=O) groups excluding carboxylic acids is 1. The van der Waals surface area contributed by atoms with E-state index in [0.29, 0.717) is 31.4 Å². The van der Waals surface area contributed by atoms with E-state index in [0.717, 1.165) is 26.1 Å². The summed E-state index contributed by atoms with van der Waals surface area (Å²) in [6, 6.07) is 1.71. The number of nitrogens with zero attached hydrogens (tertiary/aromatic N) is 4. The highest BCUT2D eigenvalue weighted by atomic mass is 32.1. The van der Waals surface area contributed by atoms with Crippen LogP contribution in [0.15, 0.2) is 17.6 Å². The van der Waals surface area contributed by atoms with Gasteiger partial charge in [0.2, 0.25) is 5.95 Å². The molecule has 1 amide bonds. The molecule has 2 aromatic rings. The number of hydrogen-bond donors (Lipinski definition) is 0. The fourth-order valence-electron chi connectivity index (χ4n) is 3.17. The van der Waals surface area contributed by atoms with E-state index >= 15 is 0 Å². The van der Waals surface area contributed by atoms with Crippen molar-refractivity contribution in [3.8, 4) is 0 Å². The highest BCUT2D eigenvalue weighted by Crippen LogP contribution is 2.28. The molecule has 6 nitrogen and oxygen atoms in total. The summed E-state index contributed by atoms with van der Waals surface area (Å²) in [5.41, 5.74) is 3.06. The van der Waals surface area contributed by atoms with Gasteiger partial charge >= 0.3 is 0 Å². The highest BCUT2D eigenvalue weighted by Gasteiger charge is 2.25. The van der Waals surface area contributed by atoms with E-state index in [1.54, 1.807) is 23.6 Å². The monoisotopic (exact) mass is 344 g/mol. The lowest BCUT2D eigenvalue weighted by Crippen LogP contribution is -2.39. The second-order valence-corrected chi connectivity index (χ2v) is 7.10. The predicted molar refractivity (Wildman–Crippen MR) is 92.6 cm³/mol. The Hall–Kier alpha value is -1.99. The largest absolute Gasteiger partial charge is 0.378 e. The Bertz CT molecular complexity index is 755. The van der Waals surface area contributed by atoms with E-state index in [2.05, 4.69) is 27.2 Å². The molecule has 0 bridgehead atoms. The number of amides is 1.